The molecule has 0 amide bonds. The van der Waals surface area contributed by atoms with Crippen molar-refractivity contribution in [2.75, 3.05) is 0 Å². The number of nitrogens with zero attached hydrogens (tertiary/aromatic N) is 8. The number of hydrogen-bond acceptors (Lipinski definition) is 6. The second-order valence-electron chi connectivity index (χ2n) is 20.6. The summed E-state index contributed by atoms with van der Waals surface area (Å²) < 4.78 is 0. The average Bonchev–Trinajstić information content (AvgIpc) is 3.97. The minimum Gasteiger partial charge on any atom is -0.656 e. The first kappa shape index (κ1) is 46.8. The molecule has 1 aliphatic carbocycles. The molecule has 0 saturated carbocycles. The van der Waals surface area contributed by atoms with Gasteiger partial charge in [-0.1, -0.05) is 121 Å². The summed E-state index contributed by atoms with van der Waals surface area (Å²) in [7, 11) is 0. The molecule has 14 aromatic rings. The van der Waals surface area contributed by atoms with Crippen LogP contribution in [0.5, 0.6) is 0 Å². The van der Waals surface area contributed by atoms with Gasteiger partial charge in [-0.2, -0.15) is 0 Å². The SMILES string of the molecule is [Pt+2].c1ccc(-c2c3nc(c(-c4ccccn4)c4[n-]c(c(-c5ccccn5)c5nc(c(-c6ccccn6)c6[n-]c2c2cc7ccccc7cc62)-c2cc6ccccc6cc2-5)c2cc5ccccc5cc42)-c2cc4ccccc4cc2-3)nc1. The molecule has 8 bridgehead atoms. The molecule has 8 heterocycles. The Morgan fingerprint density at radius 1 is 0.235 bits per heavy atom. The van der Waals surface area contributed by atoms with Crippen LogP contribution >= 0.6 is 0 Å². The Hall–Kier alpha value is -10.3. The van der Waals surface area contributed by atoms with Crippen molar-refractivity contribution in [1.29, 1.82) is 0 Å². The minimum atomic E-state index is 0. The van der Waals surface area contributed by atoms with Crippen LogP contribution in [0.3, 0.4) is 0 Å². The van der Waals surface area contributed by atoms with E-state index in [0.717, 1.165) is 177 Å². The van der Waals surface area contributed by atoms with Crippen molar-refractivity contribution in [1.82, 2.24) is 39.9 Å². The average molecular weight is 1210 g/mol. The van der Waals surface area contributed by atoms with Crippen molar-refractivity contribution >= 4 is 86.7 Å². The van der Waals surface area contributed by atoms with Gasteiger partial charge in [0.1, 0.15) is 0 Å². The van der Waals surface area contributed by atoms with Gasteiger partial charge in [-0.15, -0.1) is 22.1 Å². The molecule has 8 nitrogen and oxygen atoms in total. The predicted molar refractivity (Wildman–Crippen MR) is 326 cm³/mol. The fourth-order valence-electron chi connectivity index (χ4n) is 12.4. The van der Waals surface area contributed by atoms with E-state index in [2.05, 4.69) is 170 Å². The summed E-state index contributed by atoms with van der Waals surface area (Å²) in [5, 5.41) is 12.5. The smallest absolute Gasteiger partial charge is 0.656 e. The predicted octanol–water partition coefficient (Wildman–Crippen LogP) is 17.4. The fraction of sp³-hybridized carbons (Fsp3) is 0. The summed E-state index contributed by atoms with van der Waals surface area (Å²) in [4.78, 5) is 44.9. The van der Waals surface area contributed by atoms with Crippen molar-refractivity contribution in [3.05, 3.63) is 243 Å². The Balaban J connectivity index is 0.00000542. The third-order valence-electron chi connectivity index (χ3n) is 16.1. The van der Waals surface area contributed by atoms with Crippen LogP contribution in [-0.2, 0) is 21.1 Å². The van der Waals surface area contributed by atoms with Crippen molar-refractivity contribution in [3.8, 4) is 90.1 Å². The van der Waals surface area contributed by atoms with Gasteiger partial charge in [-0.25, -0.2) is 9.97 Å². The topological polar surface area (TPSA) is 106 Å². The maximum absolute atomic E-state index is 6.02. The van der Waals surface area contributed by atoms with Gasteiger partial charge in [-0.05, 0) is 162 Å². The van der Waals surface area contributed by atoms with Crippen LogP contribution in [0, 0.1) is 0 Å². The molecule has 0 atom stereocenters. The van der Waals surface area contributed by atoms with E-state index in [1.54, 1.807) is 0 Å². The molecular formula is C72H40N8Pt. The number of pyridine rings is 4. The molecule has 17 rings (SSSR count). The van der Waals surface area contributed by atoms with Crippen molar-refractivity contribution < 1.29 is 21.1 Å². The Labute approximate surface area is 477 Å². The molecule has 3 aliphatic rings. The van der Waals surface area contributed by atoms with Gasteiger partial charge in [0.15, 0.2) is 0 Å². The van der Waals surface area contributed by atoms with Crippen LogP contribution in [-0.4, -0.2) is 29.9 Å². The quantitative estimate of drug-likeness (QED) is 0.172. The standard InChI is InChI=1S/C72H40N8.Pt/c1-2-18-42-34-50-49(33-41(42)17-1)65-61(57-25-9-13-29-73-57)67-51-35-43-19-3-4-20-44(43)36-52(51)69(78-67)63(59-27-11-15-31-75-59)71-55-39-47-23-7-8-24-48(47)40-56(55)72(80-71)64(60-28-12-16-32-76-60)70-54-38-46-22-6-5-21-45(46)37-53(54)68(79-70)62(66(50)77-65)58-26-10-14-30-74-58;/h1-40H;/q-2;+2. The first-order chi connectivity index (χ1) is 39.7. The molecule has 0 radical (unpaired) electrons. The van der Waals surface area contributed by atoms with E-state index in [9.17, 15) is 0 Å². The molecule has 0 unspecified atom stereocenters. The third-order valence-corrected chi connectivity index (χ3v) is 16.1. The Kier molecular flexibility index (Phi) is 10.6. The summed E-state index contributed by atoms with van der Waals surface area (Å²) >= 11 is 0. The van der Waals surface area contributed by atoms with Crippen LogP contribution in [0.15, 0.2) is 243 Å². The molecular weight excluding hydrogens is 1170 g/mol. The van der Waals surface area contributed by atoms with Gasteiger partial charge >= 0.3 is 21.1 Å². The van der Waals surface area contributed by atoms with E-state index < -0.39 is 0 Å². The molecule has 9 heteroatoms. The van der Waals surface area contributed by atoms with Crippen molar-refractivity contribution in [3.63, 3.8) is 0 Å². The summed E-state index contributed by atoms with van der Waals surface area (Å²) in [6.07, 6.45) is 7.42. The molecule has 6 aromatic heterocycles. The molecule has 0 fully saturated rings. The maximum Gasteiger partial charge on any atom is 2.00 e. The van der Waals surface area contributed by atoms with Crippen LogP contribution in [0.1, 0.15) is 0 Å². The van der Waals surface area contributed by atoms with Crippen LogP contribution in [0.25, 0.3) is 177 Å². The molecule has 0 N–H and O–H groups in total. The van der Waals surface area contributed by atoms with Gasteiger partial charge in [0.2, 0.25) is 0 Å². The monoisotopic (exact) mass is 1210 g/mol. The Morgan fingerprint density at radius 2 is 0.444 bits per heavy atom. The van der Waals surface area contributed by atoms with Crippen molar-refractivity contribution in [2.45, 2.75) is 0 Å². The van der Waals surface area contributed by atoms with E-state index in [1.165, 1.54) is 0 Å². The molecule has 378 valence electrons. The van der Waals surface area contributed by atoms with E-state index in [1.807, 2.05) is 73.3 Å². The molecule has 0 spiro atoms. The second kappa shape index (κ2) is 18.4. The van der Waals surface area contributed by atoms with Crippen LogP contribution in [0.4, 0.5) is 0 Å². The number of rotatable bonds is 4. The summed E-state index contributed by atoms with van der Waals surface area (Å²) in [6.45, 7) is 0. The van der Waals surface area contributed by atoms with Gasteiger partial charge < -0.3 is 9.97 Å². The Bertz CT molecular complexity index is 4640. The first-order valence-electron chi connectivity index (χ1n) is 26.8. The zero-order valence-corrected chi connectivity index (χ0v) is 45.3. The van der Waals surface area contributed by atoms with E-state index in [-0.39, 0.29) is 21.1 Å². The normalized spacial score (nSPS) is 11.9. The Morgan fingerprint density at radius 3 is 0.654 bits per heavy atom. The summed E-state index contributed by atoms with van der Waals surface area (Å²) in [5.74, 6) is 0. The third kappa shape index (κ3) is 7.27. The zero-order chi connectivity index (χ0) is 52.4. The van der Waals surface area contributed by atoms with Crippen LogP contribution in [0.2, 0.25) is 0 Å². The molecule has 81 heavy (non-hydrogen) atoms. The summed E-state index contributed by atoms with van der Waals surface area (Å²) in [6, 6.07) is 76.7. The van der Waals surface area contributed by atoms with Gasteiger partial charge in [0, 0.05) is 69.3 Å². The van der Waals surface area contributed by atoms with E-state index in [0.29, 0.717) is 0 Å². The van der Waals surface area contributed by atoms with E-state index >= 15 is 0 Å². The van der Waals surface area contributed by atoms with Gasteiger partial charge in [-0.3, -0.25) is 19.9 Å². The van der Waals surface area contributed by atoms with Gasteiger partial charge in [0.25, 0.3) is 0 Å². The first-order valence-corrected chi connectivity index (χ1v) is 26.8. The maximum atomic E-state index is 6.02. The largest absolute Gasteiger partial charge is 2.00 e. The zero-order valence-electron chi connectivity index (χ0n) is 43.0. The van der Waals surface area contributed by atoms with Gasteiger partial charge in [0.05, 0.1) is 45.6 Å². The van der Waals surface area contributed by atoms with E-state index in [4.69, 9.17) is 39.9 Å². The molecule has 8 aromatic carbocycles. The number of hydrogen-bond donors (Lipinski definition) is 0. The number of fused-ring (bicyclic) bond motifs is 4. The fourth-order valence-corrected chi connectivity index (χ4v) is 12.4. The number of benzene rings is 8. The number of aromatic nitrogens is 8. The summed E-state index contributed by atoms with van der Waals surface area (Å²) in [5.41, 5.74) is 15.8. The second-order valence-corrected chi connectivity index (χ2v) is 20.6. The molecule has 2 aliphatic heterocycles. The van der Waals surface area contributed by atoms with Crippen molar-refractivity contribution in [2.24, 2.45) is 0 Å². The molecule has 0 saturated heterocycles. The van der Waals surface area contributed by atoms with Crippen LogP contribution < -0.4 is 9.97 Å². The minimum absolute atomic E-state index is 0.